The number of hydrogen-bond acceptors (Lipinski definition) is 6. The lowest BCUT2D eigenvalue weighted by atomic mass is 10.1. The van der Waals surface area contributed by atoms with Gasteiger partial charge in [-0.1, -0.05) is 0 Å². The highest BCUT2D eigenvalue weighted by Gasteiger charge is 2.11. The van der Waals surface area contributed by atoms with E-state index in [-0.39, 0.29) is 0 Å². The highest BCUT2D eigenvalue weighted by molar-refractivity contribution is 5.68. The highest BCUT2D eigenvalue weighted by atomic mass is 16.5. The van der Waals surface area contributed by atoms with Gasteiger partial charge in [-0.25, -0.2) is 9.50 Å². The Kier molecular flexibility index (Phi) is 2.94. The van der Waals surface area contributed by atoms with E-state index in [1.54, 1.807) is 31.0 Å². The van der Waals surface area contributed by atoms with Gasteiger partial charge in [0.25, 0.3) is 5.78 Å². The summed E-state index contributed by atoms with van der Waals surface area (Å²) < 4.78 is 12.0. The van der Waals surface area contributed by atoms with Gasteiger partial charge in [0.1, 0.15) is 5.82 Å². The molecule has 0 amide bonds. The fourth-order valence-electron chi connectivity index (χ4n) is 1.94. The Hall–Kier alpha value is -2.70. The molecule has 0 aromatic carbocycles. The fraction of sp³-hybridized carbons (Fsp3) is 0.231. The van der Waals surface area contributed by atoms with Crippen molar-refractivity contribution < 1.29 is 9.47 Å². The molecule has 0 fully saturated rings. The van der Waals surface area contributed by atoms with E-state index in [0.29, 0.717) is 23.4 Å². The van der Waals surface area contributed by atoms with Crippen LogP contribution in [0.2, 0.25) is 0 Å². The van der Waals surface area contributed by atoms with Crippen molar-refractivity contribution in [2.45, 2.75) is 6.92 Å². The number of aromatic nitrogens is 5. The van der Waals surface area contributed by atoms with Gasteiger partial charge >= 0.3 is 0 Å². The Labute approximate surface area is 115 Å². The van der Waals surface area contributed by atoms with Crippen LogP contribution in [0.25, 0.3) is 16.9 Å². The minimum atomic E-state index is 0.474. The maximum atomic E-state index is 5.30. The average molecular weight is 271 g/mol. The van der Waals surface area contributed by atoms with Crippen LogP contribution in [0.3, 0.4) is 0 Å². The van der Waals surface area contributed by atoms with Crippen LogP contribution in [0.5, 0.6) is 11.8 Å². The van der Waals surface area contributed by atoms with Crippen molar-refractivity contribution in [2.24, 2.45) is 0 Å². The Morgan fingerprint density at radius 1 is 1.10 bits per heavy atom. The second-order valence-electron chi connectivity index (χ2n) is 4.16. The predicted molar refractivity (Wildman–Crippen MR) is 71.9 cm³/mol. The normalized spacial score (nSPS) is 10.8. The fourth-order valence-corrected chi connectivity index (χ4v) is 1.94. The van der Waals surface area contributed by atoms with E-state index in [9.17, 15) is 0 Å². The smallest absolute Gasteiger partial charge is 0.252 e. The maximum Gasteiger partial charge on any atom is 0.252 e. The third-order valence-corrected chi connectivity index (χ3v) is 2.85. The van der Waals surface area contributed by atoms with E-state index in [1.807, 2.05) is 19.2 Å². The van der Waals surface area contributed by atoms with Crippen molar-refractivity contribution in [1.29, 1.82) is 0 Å². The Bertz CT molecular complexity index is 769. The van der Waals surface area contributed by atoms with Gasteiger partial charge in [-0.3, -0.25) is 0 Å². The average Bonchev–Trinajstić information content (AvgIpc) is 2.85. The number of pyridine rings is 1. The number of rotatable bonds is 3. The number of aryl methyl sites for hydroxylation is 1. The molecule has 3 aromatic rings. The van der Waals surface area contributed by atoms with Gasteiger partial charge in [-0.05, 0) is 13.0 Å². The summed E-state index contributed by atoms with van der Waals surface area (Å²) in [5.41, 5.74) is 1.66. The summed E-state index contributed by atoms with van der Waals surface area (Å²) in [5, 5.41) is 4.25. The van der Waals surface area contributed by atoms with Crippen LogP contribution in [-0.2, 0) is 0 Å². The lowest BCUT2D eigenvalue weighted by molar-refractivity contribution is 0.366. The first kappa shape index (κ1) is 12.3. The van der Waals surface area contributed by atoms with Crippen molar-refractivity contribution in [3.05, 3.63) is 30.4 Å². The molecule has 20 heavy (non-hydrogen) atoms. The topological polar surface area (TPSA) is 74.4 Å². The summed E-state index contributed by atoms with van der Waals surface area (Å²) in [5.74, 6) is 2.21. The lowest BCUT2D eigenvalue weighted by Crippen LogP contribution is -1.97. The second kappa shape index (κ2) is 4.76. The van der Waals surface area contributed by atoms with Crippen LogP contribution in [0, 0.1) is 6.92 Å². The molecule has 102 valence electrons. The molecule has 0 atom stereocenters. The Morgan fingerprint density at radius 2 is 1.95 bits per heavy atom. The number of ether oxygens (including phenoxy) is 2. The molecule has 7 nitrogen and oxygen atoms in total. The third kappa shape index (κ3) is 2.03. The zero-order chi connectivity index (χ0) is 14.1. The Morgan fingerprint density at radius 3 is 2.70 bits per heavy atom. The zero-order valence-corrected chi connectivity index (χ0v) is 11.4. The minimum Gasteiger partial charge on any atom is -0.481 e. The van der Waals surface area contributed by atoms with E-state index in [0.717, 1.165) is 11.1 Å². The first-order chi connectivity index (χ1) is 9.71. The van der Waals surface area contributed by atoms with Gasteiger partial charge in [-0.15, -0.1) is 0 Å². The summed E-state index contributed by atoms with van der Waals surface area (Å²) in [6.45, 7) is 1.82. The van der Waals surface area contributed by atoms with E-state index in [4.69, 9.17) is 9.47 Å². The minimum absolute atomic E-state index is 0.474. The lowest BCUT2D eigenvalue weighted by Gasteiger charge is -2.08. The van der Waals surface area contributed by atoms with Crippen LogP contribution in [-0.4, -0.2) is 38.8 Å². The maximum absolute atomic E-state index is 5.30. The molecule has 3 aromatic heterocycles. The van der Waals surface area contributed by atoms with Crippen molar-refractivity contribution in [3.63, 3.8) is 0 Å². The molecule has 7 heteroatoms. The van der Waals surface area contributed by atoms with E-state index in [1.165, 1.54) is 0 Å². The molecule has 0 aliphatic heterocycles. The van der Waals surface area contributed by atoms with Crippen LogP contribution in [0.4, 0.5) is 0 Å². The second-order valence-corrected chi connectivity index (χ2v) is 4.16. The van der Waals surface area contributed by atoms with Gasteiger partial charge in [-0.2, -0.15) is 15.1 Å². The molecule has 3 rings (SSSR count). The van der Waals surface area contributed by atoms with Crippen LogP contribution < -0.4 is 9.47 Å². The van der Waals surface area contributed by atoms with Gasteiger partial charge in [0, 0.05) is 29.6 Å². The molecule has 0 N–H and O–H groups in total. The van der Waals surface area contributed by atoms with Crippen molar-refractivity contribution >= 4 is 5.78 Å². The summed E-state index contributed by atoms with van der Waals surface area (Å²) in [4.78, 5) is 12.7. The van der Waals surface area contributed by atoms with Gasteiger partial charge < -0.3 is 9.47 Å². The highest BCUT2D eigenvalue weighted by Crippen LogP contribution is 2.29. The number of nitrogens with zero attached hydrogens (tertiary/aromatic N) is 5. The molecule has 0 spiro atoms. The quantitative estimate of drug-likeness (QED) is 0.719. The Balaban J connectivity index is 2.14. The summed E-state index contributed by atoms with van der Waals surface area (Å²) in [6, 6.07) is 3.64. The SMILES string of the molecule is COc1ccc(-c2cnc3nc(C)nn3c2)c(OC)n1. The summed E-state index contributed by atoms with van der Waals surface area (Å²) in [7, 11) is 3.13. The van der Waals surface area contributed by atoms with Gasteiger partial charge in [0.05, 0.1) is 14.2 Å². The third-order valence-electron chi connectivity index (χ3n) is 2.85. The van der Waals surface area contributed by atoms with E-state index >= 15 is 0 Å². The van der Waals surface area contributed by atoms with Crippen molar-refractivity contribution in [3.8, 4) is 22.9 Å². The van der Waals surface area contributed by atoms with Crippen LogP contribution >= 0.6 is 0 Å². The number of methoxy groups -OCH3 is 2. The predicted octanol–water partition coefficient (Wildman–Crippen LogP) is 1.51. The molecule has 0 aliphatic carbocycles. The molecular weight excluding hydrogens is 258 g/mol. The summed E-state index contributed by atoms with van der Waals surface area (Å²) in [6.07, 6.45) is 3.56. The number of hydrogen-bond donors (Lipinski definition) is 0. The van der Waals surface area contributed by atoms with Crippen LogP contribution in [0.1, 0.15) is 5.82 Å². The monoisotopic (exact) mass is 271 g/mol. The first-order valence-corrected chi connectivity index (χ1v) is 5.99. The molecule has 0 saturated carbocycles. The number of fused-ring (bicyclic) bond motifs is 1. The van der Waals surface area contributed by atoms with Gasteiger partial charge in [0.15, 0.2) is 0 Å². The molecule has 0 aliphatic rings. The van der Waals surface area contributed by atoms with Gasteiger partial charge in [0.2, 0.25) is 11.8 Å². The van der Waals surface area contributed by atoms with E-state index in [2.05, 4.69) is 20.1 Å². The first-order valence-electron chi connectivity index (χ1n) is 5.99. The molecule has 0 bridgehead atoms. The largest absolute Gasteiger partial charge is 0.481 e. The molecular formula is C13H13N5O2. The molecule has 0 saturated heterocycles. The summed E-state index contributed by atoms with van der Waals surface area (Å²) >= 11 is 0. The van der Waals surface area contributed by atoms with Crippen molar-refractivity contribution in [1.82, 2.24) is 24.6 Å². The standard InChI is InChI=1S/C13H13N5O2/c1-8-15-13-14-6-9(7-18(13)17-8)10-4-5-11(19-2)16-12(10)20-3/h4-7H,1-3H3. The van der Waals surface area contributed by atoms with Crippen molar-refractivity contribution in [2.75, 3.05) is 14.2 Å². The zero-order valence-electron chi connectivity index (χ0n) is 11.4. The molecule has 0 unspecified atom stereocenters. The molecule has 3 heterocycles. The molecule has 0 radical (unpaired) electrons. The van der Waals surface area contributed by atoms with Crippen LogP contribution in [0.15, 0.2) is 24.5 Å². The van der Waals surface area contributed by atoms with E-state index < -0.39 is 0 Å².